The van der Waals surface area contributed by atoms with E-state index in [-0.39, 0.29) is 30.4 Å². The summed E-state index contributed by atoms with van der Waals surface area (Å²) in [6.45, 7) is 0.804. The van der Waals surface area contributed by atoms with Gasteiger partial charge >= 0.3 is 11.7 Å². The Morgan fingerprint density at radius 1 is 1.23 bits per heavy atom. The largest absolute Gasteiger partial charge is 0.493 e. The molecule has 10 nitrogen and oxygen atoms in total. The standard InChI is InChI=1S/C21H20N2O8/c1-11(24)22-19(26)16(10-30-9-14-4-7-18(31-14)20(27)28)23(21(22)29)13-3-5-15-12(8-13)2-6-17(15)25/h3-5,7-8,17,25-26H,2,6,9-10H2,1H3,(H,27,28). The number of carbonyl (C=O) groups is 2. The number of aromatic nitrogens is 2. The van der Waals surface area contributed by atoms with Gasteiger partial charge in [-0.3, -0.25) is 9.36 Å². The van der Waals surface area contributed by atoms with Crippen molar-refractivity contribution in [3.05, 3.63) is 69.2 Å². The van der Waals surface area contributed by atoms with E-state index in [0.29, 0.717) is 23.1 Å². The highest BCUT2D eigenvalue weighted by molar-refractivity contribution is 5.84. The number of hydrogen-bond donors (Lipinski definition) is 3. The average molecular weight is 428 g/mol. The Morgan fingerprint density at radius 3 is 2.68 bits per heavy atom. The molecule has 4 rings (SSSR count). The molecule has 0 aliphatic heterocycles. The highest BCUT2D eigenvalue weighted by Crippen LogP contribution is 2.33. The quantitative estimate of drug-likeness (QED) is 0.541. The number of fused-ring (bicyclic) bond motifs is 1. The fourth-order valence-electron chi connectivity index (χ4n) is 3.75. The van der Waals surface area contributed by atoms with E-state index in [1.165, 1.54) is 16.7 Å². The number of carbonyl (C=O) groups excluding carboxylic acids is 1. The minimum absolute atomic E-state index is 0.0590. The molecule has 0 saturated heterocycles. The first kappa shape index (κ1) is 20.6. The number of aliphatic hydroxyl groups excluding tert-OH is 1. The Kier molecular flexibility index (Phi) is 5.25. The van der Waals surface area contributed by atoms with Gasteiger partial charge in [-0.05, 0) is 48.2 Å². The van der Waals surface area contributed by atoms with E-state index in [9.17, 15) is 24.6 Å². The Labute approximate surface area is 175 Å². The smallest absolute Gasteiger partial charge is 0.371 e. The number of aryl methyl sites for hydroxylation is 1. The Balaban J connectivity index is 1.67. The molecule has 0 saturated carbocycles. The lowest BCUT2D eigenvalue weighted by Gasteiger charge is -2.10. The van der Waals surface area contributed by atoms with Crippen LogP contribution in [0, 0.1) is 0 Å². The normalized spacial score (nSPS) is 15.2. The van der Waals surface area contributed by atoms with Crippen molar-refractivity contribution in [2.45, 2.75) is 39.1 Å². The minimum Gasteiger partial charge on any atom is -0.493 e. The third-order valence-corrected chi connectivity index (χ3v) is 5.22. The van der Waals surface area contributed by atoms with Crippen LogP contribution in [0.15, 0.2) is 39.5 Å². The lowest BCUT2D eigenvalue weighted by molar-refractivity contribution is 0.0637. The van der Waals surface area contributed by atoms with Crippen molar-refractivity contribution in [2.24, 2.45) is 0 Å². The number of carboxylic acid groups (broad SMARTS) is 1. The molecule has 1 aliphatic carbocycles. The SMILES string of the molecule is CC(=O)n1c(O)c(COCc2ccc(C(=O)O)o2)n(-c2ccc3c(c2)CCC3O)c1=O. The molecule has 31 heavy (non-hydrogen) atoms. The molecular weight excluding hydrogens is 408 g/mol. The first-order valence-corrected chi connectivity index (χ1v) is 9.55. The van der Waals surface area contributed by atoms with E-state index < -0.39 is 29.6 Å². The van der Waals surface area contributed by atoms with E-state index in [1.54, 1.807) is 18.2 Å². The predicted molar refractivity (Wildman–Crippen MR) is 105 cm³/mol. The van der Waals surface area contributed by atoms with Crippen LogP contribution in [0.2, 0.25) is 0 Å². The molecule has 0 spiro atoms. The summed E-state index contributed by atoms with van der Waals surface area (Å²) >= 11 is 0. The molecule has 1 aromatic carbocycles. The average Bonchev–Trinajstić information content (AvgIpc) is 3.39. The molecule has 0 fully saturated rings. The number of furan rings is 1. The third kappa shape index (κ3) is 3.66. The van der Waals surface area contributed by atoms with Crippen LogP contribution in [0.1, 0.15) is 57.4 Å². The second-order valence-corrected chi connectivity index (χ2v) is 7.24. The summed E-state index contributed by atoms with van der Waals surface area (Å²) in [6.07, 6.45) is 0.683. The van der Waals surface area contributed by atoms with Crippen molar-refractivity contribution in [1.82, 2.24) is 9.13 Å². The summed E-state index contributed by atoms with van der Waals surface area (Å²) in [6, 6.07) is 7.83. The van der Waals surface area contributed by atoms with Gasteiger partial charge in [0.15, 0.2) is 0 Å². The van der Waals surface area contributed by atoms with Gasteiger partial charge in [-0.2, -0.15) is 4.57 Å². The minimum atomic E-state index is -1.21. The summed E-state index contributed by atoms with van der Waals surface area (Å²) in [7, 11) is 0. The number of nitrogens with zero attached hydrogens (tertiary/aromatic N) is 2. The molecule has 3 aromatic rings. The van der Waals surface area contributed by atoms with Crippen molar-refractivity contribution in [3.63, 3.8) is 0 Å². The number of hydrogen-bond acceptors (Lipinski definition) is 7. The van der Waals surface area contributed by atoms with Crippen molar-refractivity contribution < 1.29 is 34.1 Å². The molecule has 2 heterocycles. The van der Waals surface area contributed by atoms with Gasteiger partial charge < -0.3 is 24.5 Å². The fraction of sp³-hybridized carbons (Fsp3) is 0.286. The Hall–Kier alpha value is -3.63. The molecule has 0 amide bonds. The zero-order chi connectivity index (χ0) is 22.3. The van der Waals surface area contributed by atoms with Gasteiger partial charge in [0, 0.05) is 6.92 Å². The van der Waals surface area contributed by atoms with Crippen molar-refractivity contribution in [2.75, 3.05) is 0 Å². The summed E-state index contributed by atoms with van der Waals surface area (Å²) in [5.74, 6) is -2.39. The van der Waals surface area contributed by atoms with Gasteiger partial charge in [0.1, 0.15) is 18.1 Å². The number of ether oxygens (including phenoxy) is 1. The van der Waals surface area contributed by atoms with Gasteiger partial charge in [0.2, 0.25) is 17.5 Å². The summed E-state index contributed by atoms with van der Waals surface area (Å²) in [4.78, 5) is 35.7. The molecule has 3 N–H and O–H groups in total. The van der Waals surface area contributed by atoms with Gasteiger partial charge in [0.25, 0.3) is 0 Å². The highest BCUT2D eigenvalue weighted by Gasteiger charge is 2.26. The monoisotopic (exact) mass is 428 g/mol. The predicted octanol–water partition coefficient (Wildman–Crippen LogP) is 1.99. The third-order valence-electron chi connectivity index (χ3n) is 5.22. The maximum Gasteiger partial charge on any atom is 0.371 e. The lowest BCUT2D eigenvalue weighted by atomic mass is 10.1. The van der Waals surface area contributed by atoms with Crippen molar-refractivity contribution >= 4 is 11.9 Å². The molecule has 0 radical (unpaired) electrons. The first-order valence-electron chi connectivity index (χ1n) is 9.55. The fourth-order valence-corrected chi connectivity index (χ4v) is 3.75. The summed E-state index contributed by atoms with van der Waals surface area (Å²) in [5.41, 5.74) is 1.42. The van der Waals surface area contributed by atoms with Crippen LogP contribution in [0.4, 0.5) is 0 Å². The number of rotatable bonds is 6. The second kappa shape index (κ2) is 7.89. The number of aliphatic hydroxyl groups is 1. The van der Waals surface area contributed by atoms with E-state index in [4.69, 9.17) is 14.3 Å². The zero-order valence-corrected chi connectivity index (χ0v) is 16.6. The van der Waals surface area contributed by atoms with Crippen LogP contribution in [0.3, 0.4) is 0 Å². The van der Waals surface area contributed by atoms with Crippen molar-refractivity contribution in [3.8, 4) is 11.6 Å². The molecule has 1 unspecified atom stereocenters. The zero-order valence-electron chi connectivity index (χ0n) is 16.6. The second-order valence-electron chi connectivity index (χ2n) is 7.24. The van der Waals surface area contributed by atoms with Gasteiger partial charge in [-0.1, -0.05) is 6.07 Å². The van der Waals surface area contributed by atoms with Crippen LogP contribution < -0.4 is 5.69 Å². The Bertz CT molecular complexity index is 1230. The van der Waals surface area contributed by atoms with Gasteiger partial charge in [-0.15, -0.1) is 0 Å². The van der Waals surface area contributed by atoms with Crippen molar-refractivity contribution in [1.29, 1.82) is 0 Å². The molecule has 10 heteroatoms. The van der Waals surface area contributed by atoms with Crippen LogP contribution in [0.5, 0.6) is 5.88 Å². The van der Waals surface area contributed by atoms with E-state index in [2.05, 4.69) is 0 Å². The van der Waals surface area contributed by atoms with Crippen LogP contribution >= 0.6 is 0 Å². The Morgan fingerprint density at radius 2 is 2.00 bits per heavy atom. The van der Waals surface area contributed by atoms with E-state index in [1.807, 2.05) is 0 Å². The van der Waals surface area contributed by atoms with Crippen LogP contribution in [-0.4, -0.2) is 36.3 Å². The maximum atomic E-state index is 12.9. The first-order chi connectivity index (χ1) is 14.8. The molecule has 1 aliphatic rings. The summed E-state index contributed by atoms with van der Waals surface area (Å²) < 4.78 is 12.5. The lowest BCUT2D eigenvalue weighted by Crippen LogP contribution is -2.27. The maximum absolute atomic E-state index is 12.9. The highest BCUT2D eigenvalue weighted by atomic mass is 16.5. The number of aromatic carboxylic acids is 1. The van der Waals surface area contributed by atoms with Crippen LogP contribution in [0.25, 0.3) is 5.69 Å². The molecule has 0 bridgehead atoms. The number of aromatic hydroxyl groups is 1. The van der Waals surface area contributed by atoms with E-state index in [0.717, 1.165) is 18.1 Å². The van der Waals surface area contributed by atoms with E-state index >= 15 is 0 Å². The summed E-state index contributed by atoms with van der Waals surface area (Å²) in [5, 5.41) is 29.5. The number of imidazole rings is 1. The van der Waals surface area contributed by atoms with Gasteiger partial charge in [-0.25, -0.2) is 9.59 Å². The molecular formula is C21H20N2O8. The molecule has 162 valence electrons. The van der Waals surface area contributed by atoms with Crippen LogP contribution in [-0.2, 0) is 24.4 Å². The number of carboxylic acids is 1. The number of benzene rings is 1. The topological polar surface area (TPSA) is 144 Å². The molecule has 2 aromatic heterocycles. The molecule has 1 atom stereocenters. The van der Waals surface area contributed by atoms with Gasteiger partial charge in [0.05, 0.1) is 18.4 Å².